The van der Waals surface area contributed by atoms with Gasteiger partial charge in [-0.05, 0) is 36.2 Å². The number of ether oxygens (including phenoxy) is 1. The summed E-state index contributed by atoms with van der Waals surface area (Å²) in [6.45, 7) is 2.10. The molecule has 3 rings (SSSR count). The number of pyridine rings is 1. The van der Waals surface area contributed by atoms with E-state index in [9.17, 15) is 14.0 Å². The fourth-order valence-corrected chi connectivity index (χ4v) is 3.15. The van der Waals surface area contributed by atoms with Crippen molar-refractivity contribution in [3.63, 3.8) is 0 Å². The lowest BCUT2D eigenvalue weighted by Gasteiger charge is -2.22. The molecule has 2 heterocycles. The summed E-state index contributed by atoms with van der Waals surface area (Å²) in [4.78, 5) is 32.6. The standard InChI is InChI=1S/C20H22FN3O3/c1-27-18-6-5-15(12-17(18)21)13-19(25)23-8-3-9-24(11-10-23)20(26)16-4-2-7-22-14-16/h2,4-7,12,14H,3,8-11,13H2,1H3. The van der Waals surface area contributed by atoms with Crippen LogP contribution in [0.3, 0.4) is 0 Å². The number of hydrogen-bond acceptors (Lipinski definition) is 4. The molecule has 2 amide bonds. The monoisotopic (exact) mass is 371 g/mol. The van der Waals surface area contributed by atoms with Crippen LogP contribution in [0.25, 0.3) is 0 Å². The highest BCUT2D eigenvalue weighted by atomic mass is 19.1. The average Bonchev–Trinajstić information content (AvgIpc) is 2.94. The second-order valence-corrected chi connectivity index (χ2v) is 6.41. The summed E-state index contributed by atoms with van der Waals surface area (Å²) >= 11 is 0. The van der Waals surface area contributed by atoms with Gasteiger partial charge in [-0.1, -0.05) is 6.07 Å². The first-order valence-electron chi connectivity index (χ1n) is 8.88. The van der Waals surface area contributed by atoms with Gasteiger partial charge in [-0.3, -0.25) is 14.6 Å². The van der Waals surface area contributed by atoms with Crippen molar-refractivity contribution in [2.45, 2.75) is 12.8 Å². The largest absolute Gasteiger partial charge is 0.494 e. The zero-order chi connectivity index (χ0) is 19.2. The quantitative estimate of drug-likeness (QED) is 0.826. The van der Waals surface area contributed by atoms with Crippen molar-refractivity contribution in [3.8, 4) is 5.75 Å². The van der Waals surface area contributed by atoms with Gasteiger partial charge in [0.15, 0.2) is 11.6 Å². The van der Waals surface area contributed by atoms with Gasteiger partial charge in [-0.25, -0.2) is 4.39 Å². The third kappa shape index (κ3) is 4.61. The summed E-state index contributed by atoms with van der Waals surface area (Å²) in [6, 6.07) is 8.01. The SMILES string of the molecule is COc1ccc(CC(=O)N2CCCN(C(=O)c3cccnc3)CC2)cc1F. The lowest BCUT2D eigenvalue weighted by molar-refractivity contribution is -0.130. The fourth-order valence-electron chi connectivity index (χ4n) is 3.15. The van der Waals surface area contributed by atoms with Gasteiger partial charge in [0.05, 0.1) is 19.1 Å². The number of rotatable bonds is 4. The molecule has 142 valence electrons. The summed E-state index contributed by atoms with van der Waals surface area (Å²) in [6.07, 6.45) is 4.00. The molecule has 1 aromatic heterocycles. The van der Waals surface area contributed by atoms with Gasteiger partial charge in [0.1, 0.15) is 0 Å². The molecule has 1 fully saturated rings. The topological polar surface area (TPSA) is 62.7 Å². The molecule has 0 aliphatic carbocycles. The van der Waals surface area contributed by atoms with Crippen molar-refractivity contribution in [2.24, 2.45) is 0 Å². The van der Waals surface area contributed by atoms with Crippen LogP contribution in [0.1, 0.15) is 22.3 Å². The van der Waals surface area contributed by atoms with Gasteiger partial charge in [-0.2, -0.15) is 0 Å². The third-order valence-corrected chi connectivity index (χ3v) is 4.62. The van der Waals surface area contributed by atoms with Crippen molar-refractivity contribution >= 4 is 11.8 Å². The normalized spacial score (nSPS) is 14.6. The van der Waals surface area contributed by atoms with E-state index in [2.05, 4.69) is 4.98 Å². The number of methoxy groups -OCH3 is 1. The van der Waals surface area contributed by atoms with Gasteiger partial charge < -0.3 is 14.5 Å². The highest BCUT2D eigenvalue weighted by molar-refractivity contribution is 5.94. The van der Waals surface area contributed by atoms with Crippen LogP contribution in [0.2, 0.25) is 0 Å². The van der Waals surface area contributed by atoms with E-state index in [1.165, 1.54) is 19.2 Å². The molecule has 0 N–H and O–H groups in total. The van der Waals surface area contributed by atoms with E-state index >= 15 is 0 Å². The molecular formula is C20H22FN3O3. The molecule has 0 spiro atoms. The van der Waals surface area contributed by atoms with Crippen molar-refractivity contribution in [1.29, 1.82) is 0 Å². The number of aromatic nitrogens is 1. The molecule has 0 saturated carbocycles. The summed E-state index contributed by atoms with van der Waals surface area (Å²) in [5.41, 5.74) is 1.15. The van der Waals surface area contributed by atoms with E-state index in [0.29, 0.717) is 43.7 Å². The molecule has 7 heteroatoms. The molecule has 0 bridgehead atoms. The van der Waals surface area contributed by atoms with Gasteiger partial charge in [0.25, 0.3) is 5.91 Å². The summed E-state index contributed by atoms with van der Waals surface area (Å²) < 4.78 is 18.7. The zero-order valence-corrected chi connectivity index (χ0v) is 15.2. The van der Waals surface area contributed by atoms with E-state index in [0.717, 1.165) is 0 Å². The molecule has 1 saturated heterocycles. The summed E-state index contributed by atoms with van der Waals surface area (Å²) in [5, 5.41) is 0. The van der Waals surface area contributed by atoms with Gasteiger partial charge >= 0.3 is 0 Å². The van der Waals surface area contributed by atoms with Crippen molar-refractivity contribution in [2.75, 3.05) is 33.3 Å². The van der Waals surface area contributed by atoms with Crippen molar-refractivity contribution in [3.05, 3.63) is 59.7 Å². The van der Waals surface area contributed by atoms with Crippen LogP contribution in [0, 0.1) is 5.82 Å². The maximum atomic E-state index is 13.8. The second-order valence-electron chi connectivity index (χ2n) is 6.41. The number of nitrogens with zero attached hydrogens (tertiary/aromatic N) is 3. The van der Waals surface area contributed by atoms with E-state index in [1.54, 1.807) is 40.4 Å². The van der Waals surface area contributed by atoms with Gasteiger partial charge in [0, 0.05) is 38.6 Å². The highest BCUT2D eigenvalue weighted by Crippen LogP contribution is 2.18. The fraction of sp³-hybridized carbons (Fsp3) is 0.350. The predicted octanol–water partition coefficient (Wildman–Crippen LogP) is 2.15. The van der Waals surface area contributed by atoms with Crippen LogP contribution >= 0.6 is 0 Å². The summed E-state index contributed by atoms with van der Waals surface area (Å²) in [5.74, 6) is -0.470. The van der Waals surface area contributed by atoms with E-state index < -0.39 is 5.82 Å². The summed E-state index contributed by atoms with van der Waals surface area (Å²) in [7, 11) is 1.40. The highest BCUT2D eigenvalue weighted by Gasteiger charge is 2.23. The van der Waals surface area contributed by atoms with E-state index in [1.807, 2.05) is 0 Å². The molecule has 1 aliphatic rings. The number of carbonyl (C=O) groups excluding carboxylic acids is 2. The first-order chi connectivity index (χ1) is 13.1. The molecule has 0 atom stereocenters. The first-order valence-corrected chi connectivity index (χ1v) is 8.88. The molecule has 2 aromatic rings. The van der Waals surface area contributed by atoms with Crippen molar-refractivity contribution < 1.29 is 18.7 Å². The van der Waals surface area contributed by atoms with Crippen LogP contribution in [-0.4, -0.2) is 59.9 Å². The number of halogens is 1. The Morgan fingerprint density at radius 2 is 1.93 bits per heavy atom. The maximum absolute atomic E-state index is 13.8. The lowest BCUT2D eigenvalue weighted by atomic mass is 10.1. The minimum absolute atomic E-state index is 0.0738. The Labute approximate surface area is 157 Å². The number of hydrogen-bond donors (Lipinski definition) is 0. The molecule has 0 unspecified atom stereocenters. The molecule has 6 nitrogen and oxygen atoms in total. The molecule has 1 aromatic carbocycles. The minimum atomic E-state index is -0.480. The molecule has 27 heavy (non-hydrogen) atoms. The van der Waals surface area contributed by atoms with E-state index in [4.69, 9.17) is 4.74 Å². The van der Waals surface area contributed by atoms with Gasteiger partial charge in [0.2, 0.25) is 5.91 Å². The molecule has 1 aliphatic heterocycles. The Morgan fingerprint density at radius 3 is 2.63 bits per heavy atom. The van der Waals surface area contributed by atoms with Crippen LogP contribution in [0.4, 0.5) is 4.39 Å². The number of benzene rings is 1. The Morgan fingerprint density at radius 1 is 1.15 bits per heavy atom. The Hall–Kier alpha value is -2.96. The van der Waals surface area contributed by atoms with Crippen LogP contribution in [0.15, 0.2) is 42.7 Å². The maximum Gasteiger partial charge on any atom is 0.255 e. The zero-order valence-electron chi connectivity index (χ0n) is 15.2. The number of amides is 2. The molecular weight excluding hydrogens is 349 g/mol. The predicted molar refractivity (Wildman–Crippen MR) is 98.0 cm³/mol. The number of carbonyl (C=O) groups is 2. The van der Waals surface area contributed by atoms with Crippen LogP contribution in [0.5, 0.6) is 5.75 Å². The Bertz CT molecular complexity index is 813. The Balaban J connectivity index is 1.59. The first kappa shape index (κ1) is 18.8. The van der Waals surface area contributed by atoms with Crippen molar-refractivity contribution in [1.82, 2.24) is 14.8 Å². The van der Waals surface area contributed by atoms with Crippen LogP contribution in [-0.2, 0) is 11.2 Å². The second kappa shape index (κ2) is 8.62. The minimum Gasteiger partial charge on any atom is -0.494 e. The Kier molecular flexibility index (Phi) is 6.01. The molecule has 0 radical (unpaired) electrons. The average molecular weight is 371 g/mol. The van der Waals surface area contributed by atoms with E-state index in [-0.39, 0.29) is 24.0 Å². The van der Waals surface area contributed by atoms with Crippen LogP contribution < -0.4 is 4.74 Å². The smallest absolute Gasteiger partial charge is 0.255 e. The lowest BCUT2D eigenvalue weighted by Crippen LogP contribution is -2.38. The third-order valence-electron chi connectivity index (χ3n) is 4.62. The van der Waals surface area contributed by atoms with Gasteiger partial charge in [-0.15, -0.1) is 0 Å².